The zero-order valence-corrected chi connectivity index (χ0v) is 11.1. The third kappa shape index (κ3) is 5.29. The number of aliphatic hydroxyl groups excluding tert-OH is 1. The second-order valence-electron chi connectivity index (χ2n) is 4.44. The van der Waals surface area contributed by atoms with E-state index in [4.69, 9.17) is 0 Å². The summed E-state index contributed by atoms with van der Waals surface area (Å²) in [5, 5.41) is 15.6. The van der Waals surface area contributed by atoms with E-state index in [0.717, 1.165) is 24.1 Å². The maximum absolute atomic E-state index is 11.5. The van der Waals surface area contributed by atoms with Gasteiger partial charge in [0.25, 0.3) is 0 Å². The van der Waals surface area contributed by atoms with E-state index < -0.39 is 6.10 Å². The SMILES string of the molecule is CNCCCC(=O)NCC(O)c1ccc(C)cc1. The number of carbonyl (C=O) groups is 1. The van der Waals surface area contributed by atoms with Gasteiger partial charge < -0.3 is 15.7 Å². The summed E-state index contributed by atoms with van der Waals surface area (Å²) < 4.78 is 0. The van der Waals surface area contributed by atoms with Crippen LogP contribution in [0.3, 0.4) is 0 Å². The van der Waals surface area contributed by atoms with Gasteiger partial charge in [0.15, 0.2) is 0 Å². The van der Waals surface area contributed by atoms with E-state index in [0.29, 0.717) is 6.42 Å². The summed E-state index contributed by atoms with van der Waals surface area (Å²) in [4.78, 5) is 11.5. The molecule has 1 aromatic carbocycles. The molecule has 0 aromatic heterocycles. The molecule has 0 radical (unpaired) electrons. The molecule has 4 heteroatoms. The fraction of sp³-hybridized carbons (Fsp3) is 0.500. The van der Waals surface area contributed by atoms with Gasteiger partial charge in [-0.1, -0.05) is 29.8 Å². The molecule has 1 rings (SSSR count). The minimum absolute atomic E-state index is 0.0172. The quantitative estimate of drug-likeness (QED) is 0.636. The van der Waals surface area contributed by atoms with Crippen molar-refractivity contribution in [1.29, 1.82) is 0 Å². The van der Waals surface area contributed by atoms with E-state index in [-0.39, 0.29) is 12.5 Å². The van der Waals surface area contributed by atoms with Crippen molar-refractivity contribution in [3.8, 4) is 0 Å². The lowest BCUT2D eigenvalue weighted by Gasteiger charge is -2.12. The van der Waals surface area contributed by atoms with Crippen molar-refractivity contribution in [3.63, 3.8) is 0 Å². The summed E-state index contributed by atoms with van der Waals surface area (Å²) in [7, 11) is 1.86. The molecule has 0 saturated heterocycles. The Labute approximate surface area is 108 Å². The Morgan fingerprint density at radius 1 is 1.33 bits per heavy atom. The standard InChI is InChI=1S/C14H22N2O2/c1-11-5-7-12(8-6-11)13(17)10-16-14(18)4-3-9-15-2/h5-8,13,15,17H,3-4,9-10H2,1-2H3,(H,16,18). The summed E-state index contributed by atoms with van der Waals surface area (Å²) in [6, 6.07) is 7.67. The molecule has 3 N–H and O–H groups in total. The zero-order chi connectivity index (χ0) is 13.4. The number of aryl methyl sites for hydroxylation is 1. The topological polar surface area (TPSA) is 61.4 Å². The summed E-state index contributed by atoms with van der Waals surface area (Å²) in [6.45, 7) is 3.09. The zero-order valence-electron chi connectivity index (χ0n) is 11.1. The summed E-state index contributed by atoms with van der Waals surface area (Å²) >= 11 is 0. The van der Waals surface area contributed by atoms with Crippen LogP contribution < -0.4 is 10.6 Å². The largest absolute Gasteiger partial charge is 0.387 e. The number of hydrogen-bond acceptors (Lipinski definition) is 3. The number of hydrogen-bond donors (Lipinski definition) is 3. The fourth-order valence-corrected chi connectivity index (χ4v) is 1.63. The molecule has 0 spiro atoms. The van der Waals surface area contributed by atoms with Crippen LogP contribution in [0.1, 0.15) is 30.1 Å². The molecule has 0 fully saturated rings. The molecule has 18 heavy (non-hydrogen) atoms. The van der Waals surface area contributed by atoms with E-state index >= 15 is 0 Å². The first-order chi connectivity index (χ1) is 8.63. The van der Waals surface area contributed by atoms with Gasteiger partial charge in [-0.15, -0.1) is 0 Å². The van der Waals surface area contributed by atoms with Crippen molar-refractivity contribution in [2.45, 2.75) is 25.9 Å². The molecule has 1 unspecified atom stereocenters. The molecule has 1 amide bonds. The van der Waals surface area contributed by atoms with Crippen molar-refractivity contribution in [3.05, 3.63) is 35.4 Å². The van der Waals surface area contributed by atoms with Crippen LogP contribution in [-0.2, 0) is 4.79 Å². The molecule has 4 nitrogen and oxygen atoms in total. The Bertz CT molecular complexity index is 363. The monoisotopic (exact) mass is 250 g/mol. The fourth-order valence-electron chi connectivity index (χ4n) is 1.63. The van der Waals surface area contributed by atoms with Crippen molar-refractivity contribution < 1.29 is 9.90 Å². The molecule has 0 bridgehead atoms. The van der Waals surface area contributed by atoms with Gasteiger partial charge in [-0.25, -0.2) is 0 Å². The average Bonchev–Trinajstić information content (AvgIpc) is 2.37. The first-order valence-electron chi connectivity index (χ1n) is 6.29. The van der Waals surface area contributed by atoms with Gasteiger partial charge in [0.2, 0.25) is 5.91 Å². The number of aliphatic hydroxyl groups is 1. The minimum atomic E-state index is -0.640. The molecule has 100 valence electrons. The molecular weight excluding hydrogens is 228 g/mol. The Hall–Kier alpha value is -1.39. The van der Waals surface area contributed by atoms with Crippen LogP contribution in [0.15, 0.2) is 24.3 Å². The minimum Gasteiger partial charge on any atom is -0.387 e. The van der Waals surface area contributed by atoms with Crippen LogP contribution in [0.25, 0.3) is 0 Å². The molecular formula is C14H22N2O2. The maximum Gasteiger partial charge on any atom is 0.220 e. The van der Waals surface area contributed by atoms with Crippen molar-refractivity contribution in [2.24, 2.45) is 0 Å². The van der Waals surface area contributed by atoms with Gasteiger partial charge in [0.1, 0.15) is 0 Å². The highest BCUT2D eigenvalue weighted by atomic mass is 16.3. The normalized spacial score (nSPS) is 12.2. The third-order valence-electron chi connectivity index (χ3n) is 2.79. The Kier molecular flexibility index (Phi) is 6.39. The maximum atomic E-state index is 11.5. The predicted octanol–water partition coefficient (Wildman–Crippen LogP) is 1.14. The van der Waals surface area contributed by atoms with E-state index in [9.17, 15) is 9.90 Å². The van der Waals surface area contributed by atoms with E-state index in [1.165, 1.54) is 0 Å². The number of carbonyl (C=O) groups excluding carboxylic acids is 1. The Morgan fingerprint density at radius 2 is 2.00 bits per heavy atom. The average molecular weight is 250 g/mol. The van der Waals surface area contributed by atoms with Crippen molar-refractivity contribution in [1.82, 2.24) is 10.6 Å². The van der Waals surface area contributed by atoms with Gasteiger partial charge in [-0.3, -0.25) is 4.79 Å². The summed E-state index contributed by atoms with van der Waals surface area (Å²) in [6.07, 6.45) is 0.656. The molecule has 0 aliphatic carbocycles. The highest BCUT2D eigenvalue weighted by Crippen LogP contribution is 2.12. The number of benzene rings is 1. The van der Waals surface area contributed by atoms with Gasteiger partial charge in [-0.05, 0) is 32.5 Å². The van der Waals surface area contributed by atoms with Crippen LogP contribution in [0.4, 0.5) is 0 Å². The van der Waals surface area contributed by atoms with Gasteiger partial charge in [0.05, 0.1) is 6.10 Å². The summed E-state index contributed by atoms with van der Waals surface area (Å²) in [5.74, 6) is -0.0172. The lowest BCUT2D eigenvalue weighted by Crippen LogP contribution is -2.28. The van der Waals surface area contributed by atoms with Gasteiger partial charge >= 0.3 is 0 Å². The smallest absolute Gasteiger partial charge is 0.220 e. The van der Waals surface area contributed by atoms with Crippen LogP contribution in [0.5, 0.6) is 0 Å². The third-order valence-corrected chi connectivity index (χ3v) is 2.79. The lowest BCUT2D eigenvalue weighted by molar-refractivity contribution is -0.121. The number of rotatable bonds is 7. The van der Waals surface area contributed by atoms with Gasteiger partial charge in [0, 0.05) is 13.0 Å². The summed E-state index contributed by atoms with van der Waals surface area (Å²) in [5.41, 5.74) is 1.98. The second-order valence-corrected chi connectivity index (χ2v) is 4.44. The Morgan fingerprint density at radius 3 is 2.61 bits per heavy atom. The van der Waals surface area contributed by atoms with E-state index in [1.807, 2.05) is 38.2 Å². The first kappa shape index (κ1) is 14.7. The lowest BCUT2D eigenvalue weighted by atomic mass is 10.1. The highest BCUT2D eigenvalue weighted by molar-refractivity contribution is 5.75. The van der Waals surface area contributed by atoms with Crippen LogP contribution in [0.2, 0.25) is 0 Å². The molecule has 1 atom stereocenters. The van der Waals surface area contributed by atoms with E-state index in [2.05, 4.69) is 10.6 Å². The second kappa shape index (κ2) is 7.84. The first-order valence-corrected chi connectivity index (χ1v) is 6.29. The highest BCUT2D eigenvalue weighted by Gasteiger charge is 2.08. The molecule has 0 aliphatic rings. The molecule has 0 heterocycles. The van der Waals surface area contributed by atoms with Crippen LogP contribution >= 0.6 is 0 Å². The van der Waals surface area contributed by atoms with Crippen LogP contribution in [0, 0.1) is 6.92 Å². The molecule has 1 aromatic rings. The van der Waals surface area contributed by atoms with E-state index in [1.54, 1.807) is 0 Å². The number of nitrogens with one attached hydrogen (secondary N) is 2. The molecule has 0 aliphatic heterocycles. The van der Waals surface area contributed by atoms with Gasteiger partial charge in [-0.2, -0.15) is 0 Å². The number of amides is 1. The van der Waals surface area contributed by atoms with Crippen molar-refractivity contribution in [2.75, 3.05) is 20.1 Å². The van der Waals surface area contributed by atoms with Crippen LogP contribution in [-0.4, -0.2) is 31.2 Å². The van der Waals surface area contributed by atoms with Crippen molar-refractivity contribution >= 4 is 5.91 Å². The molecule has 0 saturated carbocycles. The Balaban J connectivity index is 2.30. The predicted molar refractivity (Wildman–Crippen MR) is 72.3 cm³/mol.